The van der Waals surface area contributed by atoms with Gasteiger partial charge in [-0.05, 0) is 54.5 Å². The molecule has 144 valence electrons. The van der Waals surface area contributed by atoms with Crippen LogP contribution in [0.4, 0.5) is 5.69 Å². The Balaban J connectivity index is 1.48. The predicted octanol–water partition coefficient (Wildman–Crippen LogP) is 5.73. The van der Waals surface area contributed by atoms with Gasteiger partial charge in [0.2, 0.25) is 0 Å². The first-order valence-corrected chi connectivity index (χ1v) is 9.62. The first kappa shape index (κ1) is 19.0. The monoisotopic (exact) mass is 402 g/mol. The van der Waals surface area contributed by atoms with Crippen molar-refractivity contribution in [1.82, 2.24) is 0 Å². The van der Waals surface area contributed by atoms with E-state index in [9.17, 15) is 4.79 Å². The number of carbonyl (C=O) groups excluding carboxylic acids is 1. The molecule has 1 aliphatic heterocycles. The fourth-order valence-electron chi connectivity index (χ4n) is 3.04. The Labute approximate surface area is 174 Å². The number of amides is 1. The van der Waals surface area contributed by atoms with E-state index in [-0.39, 0.29) is 5.91 Å². The lowest BCUT2D eigenvalue weighted by molar-refractivity contribution is -0.114. The molecular weight excluding hydrogens is 384 g/mol. The molecule has 0 saturated heterocycles. The predicted molar refractivity (Wildman–Crippen MR) is 117 cm³/mol. The van der Waals surface area contributed by atoms with E-state index in [2.05, 4.69) is 5.10 Å². The summed E-state index contributed by atoms with van der Waals surface area (Å²) in [5.74, 6) is 0.605. The molecule has 1 aliphatic rings. The summed E-state index contributed by atoms with van der Waals surface area (Å²) >= 11 is 6.04. The van der Waals surface area contributed by atoms with E-state index in [0.29, 0.717) is 28.6 Å². The Hall–Kier alpha value is -3.37. The van der Waals surface area contributed by atoms with E-state index >= 15 is 0 Å². The maximum Gasteiger partial charge on any atom is 0.280 e. The second-order valence-electron chi connectivity index (χ2n) is 6.68. The lowest BCUT2D eigenvalue weighted by Crippen LogP contribution is -2.21. The highest BCUT2D eigenvalue weighted by molar-refractivity contribution is 6.33. The second kappa shape index (κ2) is 8.33. The lowest BCUT2D eigenvalue weighted by atomic mass is 10.1. The third-order valence-electron chi connectivity index (χ3n) is 4.55. The van der Waals surface area contributed by atoms with Crippen LogP contribution < -0.4 is 9.75 Å². The fraction of sp³-hybridized carbons (Fsp3) is 0.0833. The van der Waals surface area contributed by atoms with Gasteiger partial charge in [0.05, 0.1) is 17.0 Å². The normalized spacial score (nSPS) is 15.0. The minimum Gasteiger partial charge on any atom is -0.489 e. The Morgan fingerprint density at radius 3 is 2.48 bits per heavy atom. The summed E-state index contributed by atoms with van der Waals surface area (Å²) in [5, 5.41) is 6.33. The SMILES string of the molecule is CC1=NN(c2cccc(Cl)c2)C(=O)/C1=C/c1ccc(OCc2ccccc2)cc1. The molecule has 1 heterocycles. The summed E-state index contributed by atoms with van der Waals surface area (Å²) in [5.41, 5.74) is 3.89. The molecule has 4 rings (SSSR count). The molecule has 0 N–H and O–H groups in total. The van der Waals surface area contributed by atoms with Gasteiger partial charge in [-0.3, -0.25) is 4.79 Å². The number of hydrogen-bond donors (Lipinski definition) is 0. The summed E-state index contributed by atoms with van der Waals surface area (Å²) in [6, 6.07) is 24.8. The van der Waals surface area contributed by atoms with E-state index in [1.54, 1.807) is 18.2 Å². The number of ether oxygens (including phenoxy) is 1. The van der Waals surface area contributed by atoms with Crippen molar-refractivity contribution in [1.29, 1.82) is 0 Å². The highest BCUT2D eigenvalue weighted by Crippen LogP contribution is 2.27. The van der Waals surface area contributed by atoms with E-state index in [0.717, 1.165) is 16.9 Å². The average molecular weight is 403 g/mol. The van der Waals surface area contributed by atoms with Crippen LogP contribution in [0.5, 0.6) is 5.75 Å². The van der Waals surface area contributed by atoms with E-state index in [1.165, 1.54) is 5.01 Å². The van der Waals surface area contributed by atoms with Crippen molar-refractivity contribution < 1.29 is 9.53 Å². The average Bonchev–Trinajstić information content (AvgIpc) is 3.02. The number of benzene rings is 3. The van der Waals surface area contributed by atoms with Crippen molar-refractivity contribution in [2.75, 3.05) is 5.01 Å². The Kier molecular flexibility index (Phi) is 5.45. The Morgan fingerprint density at radius 2 is 1.76 bits per heavy atom. The van der Waals surface area contributed by atoms with Gasteiger partial charge in [0.1, 0.15) is 12.4 Å². The summed E-state index contributed by atoms with van der Waals surface area (Å²) < 4.78 is 5.81. The lowest BCUT2D eigenvalue weighted by Gasteiger charge is -2.11. The molecule has 3 aromatic carbocycles. The first-order chi connectivity index (χ1) is 14.1. The molecule has 29 heavy (non-hydrogen) atoms. The second-order valence-corrected chi connectivity index (χ2v) is 7.12. The van der Waals surface area contributed by atoms with Crippen molar-refractivity contribution in [3.05, 3.63) is 101 Å². The highest BCUT2D eigenvalue weighted by Gasteiger charge is 2.28. The molecule has 0 fully saturated rings. The molecule has 0 atom stereocenters. The van der Waals surface area contributed by atoms with Crippen LogP contribution in [0.15, 0.2) is 89.5 Å². The number of hydrazone groups is 1. The maximum atomic E-state index is 12.8. The topological polar surface area (TPSA) is 41.9 Å². The van der Waals surface area contributed by atoms with Crippen molar-refractivity contribution in [2.45, 2.75) is 13.5 Å². The van der Waals surface area contributed by atoms with Crippen LogP contribution >= 0.6 is 11.6 Å². The molecule has 1 amide bonds. The molecule has 0 saturated carbocycles. The summed E-state index contributed by atoms with van der Waals surface area (Å²) in [7, 11) is 0. The van der Waals surface area contributed by atoms with Crippen LogP contribution in [0.25, 0.3) is 6.08 Å². The molecule has 3 aromatic rings. The third-order valence-corrected chi connectivity index (χ3v) is 4.79. The van der Waals surface area contributed by atoms with Gasteiger partial charge in [0.25, 0.3) is 5.91 Å². The zero-order chi connectivity index (χ0) is 20.2. The minimum absolute atomic E-state index is 0.172. The standard InChI is InChI=1S/C24H19ClN2O2/c1-17-23(24(28)27(26-17)21-9-5-8-20(25)15-21)14-18-10-12-22(13-11-18)29-16-19-6-3-2-4-7-19/h2-15H,16H2,1H3/b23-14+. The Bertz CT molecular complexity index is 1090. The Morgan fingerprint density at radius 1 is 1.00 bits per heavy atom. The molecular formula is C24H19ClN2O2. The molecule has 5 heteroatoms. The molecule has 4 nitrogen and oxygen atoms in total. The fourth-order valence-corrected chi connectivity index (χ4v) is 3.22. The highest BCUT2D eigenvalue weighted by atomic mass is 35.5. The van der Waals surface area contributed by atoms with Crippen LogP contribution in [0, 0.1) is 0 Å². The van der Waals surface area contributed by atoms with Crippen molar-refractivity contribution >= 4 is 35.0 Å². The van der Waals surface area contributed by atoms with Crippen molar-refractivity contribution in [2.24, 2.45) is 5.10 Å². The van der Waals surface area contributed by atoms with Crippen LogP contribution in [0.3, 0.4) is 0 Å². The largest absolute Gasteiger partial charge is 0.489 e. The number of anilines is 1. The van der Waals surface area contributed by atoms with Gasteiger partial charge in [-0.2, -0.15) is 10.1 Å². The van der Waals surface area contributed by atoms with Crippen LogP contribution in [-0.4, -0.2) is 11.6 Å². The number of nitrogens with zero attached hydrogens (tertiary/aromatic N) is 2. The summed E-state index contributed by atoms with van der Waals surface area (Å²) in [6.07, 6.45) is 1.84. The van der Waals surface area contributed by atoms with Crippen LogP contribution in [0.2, 0.25) is 5.02 Å². The maximum absolute atomic E-state index is 12.8. The zero-order valence-corrected chi connectivity index (χ0v) is 16.6. The van der Waals surface area contributed by atoms with E-state index < -0.39 is 0 Å². The third kappa shape index (κ3) is 4.39. The molecule has 0 unspecified atom stereocenters. The van der Waals surface area contributed by atoms with Crippen LogP contribution in [-0.2, 0) is 11.4 Å². The molecule has 0 bridgehead atoms. The quantitative estimate of drug-likeness (QED) is 0.512. The van der Waals surface area contributed by atoms with Gasteiger partial charge < -0.3 is 4.74 Å². The molecule has 0 radical (unpaired) electrons. The number of hydrogen-bond acceptors (Lipinski definition) is 3. The van der Waals surface area contributed by atoms with Gasteiger partial charge in [0.15, 0.2) is 0 Å². The molecule has 0 aromatic heterocycles. The van der Waals surface area contributed by atoms with Gasteiger partial charge in [-0.1, -0.05) is 60.1 Å². The van der Waals surface area contributed by atoms with Gasteiger partial charge in [-0.25, -0.2) is 0 Å². The minimum atomic E-state index is -0.172. The molecule has 0 aliphatic carbocycles. The van der Waals surface area contributed by atoms with Gasteiger partial charge in [0, 0.05) is 5.02 Å². The zero-order valence-electron chi connectivity index (χ0n) is 15.9. The summed E-state index contributed by atoms with van der Waals surface area (Å²) in [6.45, 7) is 2.34. The first-order valence-electron chi connectivity index (χ1n) is 9.24. The van der Waals surface area contributed by atoms with Crippen LogP contribution in [0.1, 0.15) is 18.1 Å². The van der Waals surface area contributed by atoms with Gasteiger partial charge >= 0.3 is 0 Å². The van der Waals surface area contributed by atoms with Gasteiger partial charge in [-0.15, -0.1) is 0 Å². The van der Waals surface area contributed by atoms with E-state index in [1.807, 2.05) is 73.7 Å². The molecule has 0 spiro atoms. The van der Waals surface area contributed by atoms with E-state index in [4.69, 9.17) is 16.3 Å². The number of halogens is 1. The summed E-state index contributed by atoms with van der Waals surface area (Å²) in [4.78, 5) is 12.8. The number of rotatable bonds is 5. The van der Waals surface area contributed by atoms with Crippen molar-refractivity contribution in [3.8, 4) is 5.75 Å². The smallest absolute Gasteiger partial charge is 0.280 e. The van der Waals surface area contributed by atoms with Crippen molar-refractivity contribution in [3.63, 3.8) is 0 Å². The number of carbonyl (C=O) groups is 1.